The quantitative estimate of drug-likeness (QED) is 0.694. The first-order valence-corrected chi connectivity index (χ1v) is 9.80. The summed E-state index contributed by atoms with van der Waals surface area (Å²) in [6.07, 6.45) is 7.49. The van der Waals surface area contributed by atoms with Crippen LogP contribution in [0.5, 0.6) is 0 Å². The molecule has 2 aromatic heterocycles. The molecule has 2 aliphatic heterocycles. The third kappa shape index (κ3) is 3.03. The number of anilines is 1. The zero-order valence-electron chi connectivity index (χ0n) is 15.7. The highest BCUT2D eigenvalue weighted by Gasteiger charge is 2.33. The number of nitrogens with zero attached hydrogens (tertiary/aromatic N) is 4. The van der Waals surface area contributed by atoms with E-state index in [4.69, 9.17) is 0 Å². The number of piperazine rings is 1. The van der Waals surface area contributed by atoms with Gasteiger partial charge in [-0.25, -0.2) is 0 Å². The number of rotatable bonds is 2. The second-order valence-corrected chi connectivity index (χ2v) is 7.44. The van der Waals surface area contributed by atoms with Gasteiger partial charge in [0.2, 0.25) is 0 Å². The molecule has 1 atom stereocenters. The van der Waals surface area contributed by atoms with Crippen molar-refractivity contribution in [2.24, 2.45) is 0 Å². The minimum absolute atomic E-state index is 0.0243. The van der Waals surface area contributed by atoms with Crippen LogP contribution in [0.4, 0.5) is 5.69 Å². The molecule has 0 N–H and O–H groups in total. The lowest BCUT2D eigenvalue weighted by molar-refractivity contribution is 0.0711. The maximum atomic E-state index is 13.0. The molecule has 0 aliphatic carbocycles. The van der Waals surface area contributed by atoms with E-state index in [9.17, 15) is 4.79 Å². The van der Waals surface area contributed by atoms with Crippen LogP contribution in [-0.2, 0) is 6.42 Å². The number of amides is 1. The van der Waals surface area contributed by atoms with E-state index in [-0.39, 0.29) is 5.91 Å². The molecule has 1 fully saturated rings. The highest BCUT2D eigenvalue weighted by Crippen LogP contribution is 2.32. The molecule has 1 aromatic carbocycles. The molecule has 0 radical (unpaired) electrons. The fourth-order valence-corrected chi connectivity index (χ4v) is 4.32. The SMILES string of the molecule is O=C(c1ccc(-c2cccnc2)cn1)N1CCN2c3ccccc3CCC2C1. The Morgan fingerprint density at radius 2 is 1.86 bits per heavy atom. The third-order valence-corrected chi connectivity index (χ3v) is 5.80. The van der Waals surface area contributed by atoms with Gasteiger partial charge in [-0.3, -0.25) is 14.8 Å². The van der Waals surface area contributed by atoms with E-state index in [2.05, 4.69) is 39.1 Å². The van der Waals surface area contributed by atoms with Crippen molar-refractivity contribution in [1.29, 1.82) is 0 Å². The molecule has 3 aromatic rings. The van der Waals surface area contributed by atoms with Gasteiger partial charge in [0.1, 0.15) is 5.69 Å². The van der Waals surface area contributed by atoms with Crippen molar-refractivity contribution in [2.75, 3.05) is 24.5 Å². The predicted molar refractivity (Wildman–Crippen MR) is 109 cm³/mol. The molecule has 1 saturated heterocycles. The first kappa shape index (κ1) is 16.9. The summed E-state index contributed by atoms with van der Waals surface area (Å²) in [5.41, 5.74) is 5.25. The van der Waals surface area contributed by atoms with Crippen molar-refractivity contribution >= 4 is 11.6 Å². The average molecular weight is 370 g/mol. The topological polar surface area (TPSA) is 49.3 Å². The molecular formula is C23H22N4O. The standard InChI is InChI=1S/C23H22N4O/c28-23(21-10-8-19(15-25-21)18-5-3-11-24-14-18)26-12-13-27-20(16-26)9-7-17-4-1-2-6-22(17)27/h1-6,8,10-11,14-15,20H,7,9,12-13,16H2. The molecule has 1 amide bonds. The molecule has 4 heterocycles. The van der Waals surface area contributed by atoms with Crippen LogP contribution >= 0.6 is 0 Å². The Bertz CT molecular complexity index is 987. The van der Waals surface area contributed by atoms with Gasteiger partial charge >= 0.3 is 0 Å². The van der Waals surface area contributed by atoms with E-state index < -0.39 is 0 Å². The van der Waals surface area contributed by atoms with Crippen LogP contribution in [0.25, 0.3) is 11.1 Å². The smallest absolute Gasteiger partial charge is 0.272 e. The highest BCUT2D eigenvalue weighted by atomic mass is 16.2. The molecule has 0 saturated carbocycles. The molecule has 2 aliphatic rings. The van der Waals surface area contributed by atoms with E-state index >= 15 is 0 Å². The van der Waals surface area contributed by atoms with Crippen LogP contribution in [0.3, 0.4) is 0 Å². The number of benzene rings is 1. The van der Waals surface area contributed by atoms with Gasteiger partial charge in [-0.15, -0.1) is 0 Å². The van der Waals surface area contributed by atoms with Gasteiger partial charge in [-0.05, 0) is 36.6 Å². The van der Waals surface area contributed by atoms with E-state index in [1.807, 2.05) is 29.2 Å². The summed E-state index contributed by atoms with van der Waals surface area (Å²) in [7, 11) is 0. The molecule has 5 heteroatoms. The predicted octanol–water partition coefficient (Wildman–Crippen LogP) is 3.42. The van der Waals surface area contributed by atoms with E-state index in [0.717, 1.165) is 43.6 Å². The zero-order valence-corrected chi connectivity index (χ0v) is 15.7. The molecule has 0 bridgehead atoms. The Morgan fingerprint density at radius 1 is 0.964 bits per heavy atom. The fourth-order valence-electron chi connectivity index (χ4n) is 4.32. The van der Waals surface area contributed by atoms with Gasteiger partial charge in [-0.1, -0.05) is 30.3 Å². The van der Waals surface area contributed by atoms with Crippen LogP contribution < -0.4 is 4.90 Å². The van der Waals surface area contributed by atoms with Gasteiger partial charge in [0.05, 0.1) is 0 Å². The summed E-state index contributed by atoms with van der Waals surface area (Å²) in [4.78, 5) is 26.0. The monoisotopic (exact) mass is 370 g/mol. The van der Waals surface area contributed by atoms with Crippen LogP contribution in [0.15, 0.2) is 67.1 Å². The second-order valence-electron chi connectivity index (χ2n) is 7.44. The lowest BCUT2D eigenvalue weighted by atomic mass is 9.94. The van der Waals surface area contributed by atoms with E-state index in [0.29, 0.717) is 11.7 Å². The first-order chi connectivity index (χ1) is 13.8. The second kappa shape index (κ2) is 7.08. The van der Waals surface area contributed by atoms with Crippen molar-refractivity contribution in [2.45, 2.75) is 18.9 Å². The number of fused-ring (bicyclic) bond motifs is 3. The number of hydrogen-bond acceptors (Lipinski definition) is 4. The fraction of sp³-hybridized carbons (Fsp3) is 0.261. The number of para-hydroxylation sites is 1. The van der Waals surface area contributed by atoms with Gasteiger partial charge in [-0.2, -0.15) is 0 Å². The summed E-state index contributed by atoms with van der Waals surface area (Å²) >= 11 is 0. The Balaban J connectivity index is 1.31. The molecular weight excluding hydrogens is 348 g/mol. The number of carbonyl (C=O) groups is 1. The third-order valence-electron chi connectivity index (χ3n) is 5.80. The minimum atomic E-state index is 0.0243. The van der Waals surface area contributed by atoms with Gasteiger partial charge in [0.25, 0.3) is 5.91 Å². The molecule has 5 rings (SSSR count). The summed E-state index contributed by atoms with van der Waals surface area (Å²) in [6.45, 7) is 2.37. The summed E-state index contributed by atoms with van der Waals surface area (Å²) in [6, 6.07) is 16.7. The molecule has 140 valence electrons. The van der Waals surface area contributed by atoms with Crippen molar-refractivity contribution in [3.05, 3.63) is 78.4 Å². The van der Waals surface area contributed by atoms with Crippen LogP contribution in [0.2, 0.25) is 0 Å². The lowest BCUT2D eigenvalue weighted by Crippen LogP contribution is -2.56. The summed E-state index contributed by atoms with van der Waals surface area (Å²) < 4.78 is 0. The Morgan fingerprint density at radius 3 is 2.68 bits per heavy atom. The number of aryl methyl sites for hydroxylation is 1. The van der Waals surface area contributed by atoms with Crippen LogP contribution in [-0.4, -0.2) is 46.5 Å². The average Bonchev–Trinajstić information content (AvgIpc) is 2.79. The number of aromatic nitrogens is 2. The van der Waals surface area contributed by atoms with Gasteiger partial charge < -0.3 is 9.80 Å². The molecule has 5 nitrogen and oxygen atoms in total. The Hall–Kier alpha value is -3.21. The van der Waals surface area contributed by atoms with Crippen molar-refractivity contribution in [1.82, 2.24) is 14.9 Å². The van der Waals surface area contributed by atoms with Crippen LogP contribution in [0.1, 0.15) is 22.5 Å². The molecule has 0 spiro atoms. The summed E-state index contributed by atoms with van der Waals surface area (Å²) in [5, 5.41) is 0. The molecule has 1 unspecified atom stereocenters. The van der Waals surface area contributed by atoms with Gasteiger partial charge in [0, 0.05) is 61.1 Å². The van der Waals surface area contributed by atoms with E-state index in [1.54, 1.807) is 18.6 Å². The van der Waals surface area contributed by atoms with Crippen molar-refractivity contribution in [3.63, 3.8) is 0 Å². The first-order valence-electron chi connectivity index (χ1n) is 9.80. The van der Waals surface area contributed by atoms with E-state index in [1.165, 1.54) is 11.3 Å². The number of carbonyl (C=O) groups excluding carboxylic acids is 1. The lowest BCUT2D eigenvalue weighted by Gasteiger charge is -2.46. The minimum Gasteiger partial charge on any atom is -0.365 e. The van der Waals surface area contributed by atoms with Crippen molar-refractivity contribution < 1.29 is 4.79 Å². The normalized spacial score (nSPS) is 18.4. The maximum absolute atomic E-state index is 13.0. The Kier molecular flexibility index (Phi) is 4.28. The highest BCUT2D eigenvalue weighted by molar-refractivity contribution is 5.93. The maximum Gasteiger partial charge on any atom is 0.272 e. The molecule has 28 heavy (non-hydrogen) atoms. The van der Waals surface area contributed by atoms with Crippen LogP contribution in [0, 0.1) is 0 Å². The Labute approximate surface area is 164 Å². The van der Waals surface area contributed by atoms with Gasteiger partial charge in [0.15, 0.2) is 0 Å². The zero-order chi connectivity index (χ0) is 18.9. The van der Waals surface area contributed by atoms with Crippen molar-refractivity contribution in [3.8, 4) is 11.1 Å². The number of hydrogen-bond donors (Lipinski definition) is 0. The summed E-state index contributed by atoms with van der Waals surface area (Å²) in [5.74, 6) is 0.0243. The largest absolute Gasteiger partial charge is 0.365 e. The number of pyridine rings is 2.